The number of carbonyl (C=O) groups excluding carboxylic acids is 1. The lowest BCUT2D eigenvalue weighted by atomic mass is 10.1. The molecule has 0 saturated carbocycles. The summed E-state index contributed by atoms with van der Waals surface area (Å²) in [5, 5.41) is 9.61. The van der Waals surface area contributed by atoms with Crippen molar-refractivity contribution in [2.24, 2.45) is 0 Å². The fourth-order valence-electron chi connectivity index (χ4n) is 3.31. The van der Waals surface area contributed by atoms with Crippen molar-refractivity contribution in [3.05, 3.63) is 60.2 Å². The van der Waals surface area contributed by atoms with Crippen LogP contribution in [-0.2, 0) is 17.8 Å². The summed E-state index contributed by atoms with van der Waals surface area (Å²) in [6, 6.07) is 18.1. The van der Waals surface area contributed by atoms with Gasteiger partial charge >= 0.3 is 0 Å². The number of carbonyl (C=O) groups is 1. The zero-order chi connectivity index (χ0) is 21.3. The zero-order valence-corrected chi connectivity index (χ0v) is 18.6. The van der Waals surface area contributed by atoms with Crippen molar-refractivity contribution in [3.8, 4) is 17.1 Å². The highest BCUT2D eigenvalue weighted by Gasteiger charge is 2.19. The maximum Gasteiger partial charge on any atom is 0.233 e. The molecule has 0 saturated heterocycles. The van der Waals surface area contributed by atoms with Gasteiger partial charge < -0.3 is 14.2 Å². The molecule has 3 rings (SSSR count). The third-order valence-corrected chi connectivity index (χ3v) is 5.92. The molecule has 2 aromatic carbocycles. The Bertz CT molecular complexity index is 955. The molecule has 158 valence electrons. The number of para-hydroxylation sites is 1. The number of ether oxygens (including phenoxy) is 1. The highest BCUT2D eigenvalue weighted by molar-refractivity contribution is 7.99. The minimum Gasteiger partial charge on any atom is -0.496 e. The van der Waals surface area contributed by atoms with Crippen molar-refractivity contribution >= 4 is 17.7 Å². The summed E-state index contributed by atoms with van der Waals surface area (Å²) in [4.78, 5) is 14.3. The van der Waals surface area contributed by atoms with Crippen LogP contribution in [0.3, 0.4) is 0 Å². The molecule has 0 fully saturated rings. The Labute approximate surface area is 182 Å². The third kappa shape index (κ3) is 5.21. The molecular formula is C23H28N4O2S. The van der Waals surface area contributed by atoms with E-state index in [1.54, 1.807) is 7.11 Å². The molecule has 7 heteroatoms. The average Bonchev–Trinajstić information content (AvgIpc) is 3.20. The van der Waals surface area contributed by atoms with Crippen LogP contribution in [0.25, 0.3) is 11.4 Å². The monoisotopic (exact) mass is 424 g/mol. The number of aryl methyl sites for hydroxylation is 1. The van der Waals surface area contributed by atoms with Gasteiger partial charge in [0.1, 0.15) is 5.75 Å². The molecule has 1 amide bonds. The van der Waals surface area contributed by atoms with Gasteiger partial charge in [-0.2, -0.15) is 0 Å². The predicted octanol–water partition coefficient (Wildman–Crippen LogP) is 4.16. The topological polar surface area (TPSA) is 60.3 Å². The van der Waals surface area contributed by atoms with Crippen molar-refractivity contribution < 1.29 is 9.53 Å². The molecule has 0 radical (unpaired) electrons. The number of benzene rings is 2. The summed E-state index contributed by atoms with van der Waals surface area (Å²) in [5.41, 5.74) is 2.13. The van der Waals surface area contributed by atoms with Gasteiger partial charge in [0, 0.05) is 19.6 Å². The third-order valence-electron chi connectivity index (χ3n) is 4.97. The molecule has 3 aromatic rings. The van der Waals surface area contributed by atoms with Crippen molar-refractivity contribution in [2.75, 3.05) is 26.0 Å². The number of hydrogen-bond donors (Lipinski definition) is 0. The first kappa shape index (κ1) is 21.9. The van der Waals surface area contributed by atoms with Crippen LogP contribution in [0.15, 0.2) is 59.8 Å². The lowest BCUT2D eigenvalue weighted by Gasteiger charge is -2.18. The summed E-state index contributed by atoms with van der Waals surface area (Å²) < 4.78 is 7.63. The normalized spacial score (nSPS) is 10.8. The fourth-order valence-corrected chi connectivity index (χ4v) is 4.17. The minimum absolute atomic E-state index is 0.112. The molecule has 1 heterocycles. The van der Waals surface area contributed by atoms with Crippen LogP contribution in [0, 0.1) is 0 Å². The highest BCUT2D eigenvalue weighted by atomic mass is 32.2. The summed E-state index contributed by atoms with van der Waals surface area (Å²) in [6.45, 7) is 6.13. The SMILES string of the molecule is CCN(CC)C(=O)CSc1nnc(-c2ccccc2OC)n1CCc1ccccc1. The van der Waals surface area contributed by atoms with Gasteiger partial charge in [-0.25, -0.2) is 0 Å². The summed E-state index contributed by atoms with van der Waals surface area (Å²) in [6.07, 6.45) is 0.846. The lowest BCUT2D eigenvalue weighted by Crippen LogP contribution is -2.31. The Morgan fingerprint density at radius 1 is 1.03 bits per heavy atom. The first-order valence-corrected chi connectivity index (χ1v) is 11.2. The first-order chi connectivity index (χ1) is 14.7. The zero-order valence-electron chi connectivity index (χ0n) is 17.7. The van der Waals surface area contributed by atoms with Crippen molar-refractivity contribution in [1.82, 2.24) is 19.7 Å². The predicted molar refractivity (Wildman–Crippen MR) is 121 cm³/mol. The van der Waals surface area contributed by atoms with Crippen LogP contribution >= 0.6 is 11.8 Å². The van der Waals surface area contributed by atoms with E-state index in [1.807, 2.05) is 61.2 Å². The first-order valence-electron chi connectivity index (χ1n) is 10.2. The van der Waals surface area contributed by atoms with Crippen LogP contribution in [0.1, 0.15) is 19.4 Å². The Hall–Kier alpha value is -2.80. The fraction of sp³-hybridized carbons (Fsp3) is 0.348. The summed E-state index contributed by atoms with van der Waals surface area (Å²) in [7, 11) is 1.65. The molecule has 0 atom stereocenters. The van der Waals surface area contributed by atoms with Gasteiger partial charge in [0.2, 0.25) is 5.91 Å². The Morgan fingerprint density at radius 2 is 1.73 bits per heavy atom. The molecular weight excluding hydrogens is 396 g/mol. The average molecular weight is 425 g/mol. The molecule has 0 N–H and O–H groups in total. The molecule has 30 heavy (non-hydrogen) atoms. The number of methoxy groups -OCH3 is 1. The van der Waals surface area contributed by atoms with Gasteiger partial charge in [0.15, 0.2) is 11.0 Å². The molecule has 0 unspecified atom stereocenters. The van der Waals surface area contributed by atoms with Gasteiger partial charge in [-0.1, -0.05) is 54.2 Å². The van der Waals surface area contributed by atoms with Crippen molar-refractivity contribution in [1.29, 1.82) is 0 Å². The number of rotatable bonds is 10. The van der Waals surface area contributed by atoms with E-state index in [4.69, 9.17) is 4.74 Å². The van der Waals surface area contributed by atoms with E-state index in [0.717, 1.165) is 28.7 Å². The number of amides is 1. The second-order valence-corrected chi connectivity index (χ2v) is 7.69. The van der Waals surface area contributed by atoms with Crippen LogP contribution < -0.4 is 4.74 Å². The molecule has 0 spiro atoms. The molecule has 6 nitrogen and oxygen atoms in total. The summed E-state index contributed by atoms with van der Waals surface area (Å²) >= 11 is 1.44. The molecule has 0 aliphatic carbocycles. The Balaban J connectivity index is 1.88. The Kier molecular flexibility index (Phi) is 7.90. The molecule has 0 bridgehead atoms. The molecule has 0 aliphatic heterocycles. The molecule has 1 aromatic heterocycles. The maximum absolute atomic E-state index is 12.5. The highest BCUT2D eigenvalue weighted by Crippen LogP contribution is 2.31. The van der Waals surface area contributed by atoms with E-state index in [2.05, 4.69) is 26.9 Å². The van der Waals surface area contributed by atoms with Gasteiger partial charge in [0.25, 0.3) is 0 Å². The van der Waals surface area contributed by atoms with Gasteiger partial charge in [-0.3, -0.25) is 4.79 Å². The smallest absolute Gasteiger partial charge is 0.233 e. The standard InChI is InChI=1S/C23H28N4O2S/c1-4-26(5-2)21(28)17-30-23-25-24-22(19-13-9-10-14-20(19)29-3)27(23)16-15-18-11-7-6-8-12-18/h6-14H,4-5,15-17H2,1-3H3. The number of hydrogen-bond acceptors (Lipinski definition) is 5. The maximum atomic E-state index is 12.5. The van der Waals surface area contributed by atoms with Crippen LogP contribution in [0.5, 0.6) is 5.75 Å². The van der Waals surface area contributed by atoms with Crippen LogP contribution in [-0.4, -0.2) is 51.5 Å². The van der Waals surface area contributed by atoms with Crippen LogP contribution in [0.2, 0.25) is 0 Å². The molecule has 0 aliphatic rings. The van der Waals surface area contributed by atoms with E-state index >= 15 is 0 Å². The van der Waals surface area contributed by atoms with E-state index in [9.17, 15) is 4.79 Å². The van der Waals surface area contributed by atoms with E-state index in [-0.39, 0.29) is 5.91 Å². The van der Waals surface area contributed by atoms with Gasteiger partial charge in [0.05, 0.1) is 18.4 Å². The summed E-state index contributed by atoms with van der Waals surface area (Å²) in [5.74, 6) is 1.96. The number of thioether (sulfide) groups is 1. The second-order valence-electron chi connectivity index (χ2n) is 6.75. The largest absolute Gasteiger partial charge is 0.496 e. The number of aromatic nitrogens is 3. The van der Waals surface area contributed by atoms with E-state index in [0.29, 0.717) is 25.4 Å². The van der Waals surface area contributed by atoms with Gasteiger partial charge in [-0.15, -0.1) is 10.2 Å². The lowest BCUT2D eigenvalue weighted by molar-refractivity contribution is -0.127. The Morgan fingerprint density at radius 3 is 2.43 bits per heavy atom. The van der Waals surface area contributed by atoms with Crippen LogP contribution in [0.4, 0.5) is 0 Å². The van der Waals surface area contributed by atoms with Crippen molar-refractivity contribution in [3.63, 3.8) is 0 Å². The van der Waals surface area contributed by atoms with E-state index < -0.39 is 0 Å². The minimum atomic E-state index is 0.112. The second kappa shape index (κ2) is 10.8. The van der Waals surface area contributed by atoms with Gasteiger partial charge in [-0.05, 0) is 38.0 Å². The van der Waals surface area contributed by atoms with E-state index in [1.165, 1.54) is 17.3 Å². The van der Waals surface area contributed by atoms with Crippen molar-refractivity contribution in [2.45, 2.75) is 32.0 Å². The number of nitrogens with zero attached hydrogens (tertiary/aromatic N) is 4. The quantitative estimate of drug-likeness (QED) is 0.458.